The zero-order valence-electron chi connectivity index (χ0n) is 12.3. The number of aliphatic carboxylic acids is 1. The van der Waals surface area contributed by atoms with Crippen LogP contribution in [-0.4, -0.2) is 45.1 Å². The number of aromatic nitrogens is 2. The maximum Gasteiger partial charge on any atom is 0.317 e. The first kappa shape index (κ1) is 15.2. The van der Waals surface area contributed by atoms with Gasteiger partial charge in [-0.3, -0.25) is 14.8 Å². The van der Waals surface area contributed by atoms with E-state index in [1.165, 1.54) is 0 Å². The molecule has 114 valence electrons. The lowest BCUT2D eigenvalue weighted by Gasteiger charge is -2.36. The van der Waals surface area contributed by atoms with Gasteiger partial charge in [0.1, 0.15) is 0 Å². The smallest absolute Gasteiger partial charge is 0.317 e. The largest absolute Gasteiger partial charge is 0.481 e. The van der Waals surface area contributed by atoms with E-state index in [0.717, 1.165) is 5.69 Å². The van der Waals surface area contributed by atoms with E-state index in [-0.39, 0.29) is 6.03 Å². The summed E-state index contributed by atoms with van der Waals surface area (Å²) in [5.74, 6) is -0.794. The highest BCUT2D eigenvalue weighted by atomic mass is 16.4. The molecule has 0 atom stereocenters. The molecule has 1 saturated heterocycles. The van der Waals surface area contributed by atoms with Crippen molar-refractivity contribution in [2.75, 3.05) is 13.1 Å². The molecule has 1 fully saturated rings. The van der Waals surface area contributed by atoms with Crippen LogP contribution in [0.5, 0.6) is 0 Å². The highest BCUT2D eigenvalue weighted by Gasteiger charge is 2.37. The molecule has 1 aromatic rings. The summed E-state index contributed by atoms with van der Waals surface area (Å²) >= 11 is 0. The number of piperidine rings is 1. The minimum Gasteiger partial charge on any atom is -0.481 e. The molecule has 0 spiro atoms. The molecule has 7 nitrogen and oxygen atoms in total. The molecule has 0 aliphatic carbocycles. The van der Waals surface area contributed by atoms with Gasteiger partial charge in [-0.2, -0.15) is 0 Å². The predicted molar refractivity (Wildman–Crippen MR) is 75.6 cm³/mol. The Labute approximate surface area is 123 Å². The first-order valence-corrected chi connectivity index (χ1v) is 6.94. The van der Waals surface area contributed by atoms with Crippen LogP contribution in [0.15, 0.2) is 12.4 Å². The fourth-order valence-corrected chi connectivity index (χ4v) is 2.21. The van der Waals surface area contributed by atoms with Gasteiger partial charge in [0.05, 0.1) is 29.5 Å². The molecular weight excluding hydrogens is 272 g/mol. The standard InChI is InChI=1S/C14H20N4O3/c1-10-7-16-11(8-15-10)9-17-13(21)18-5-3-14(2,4-6-18)12(19)20/h7-8H,3-6,9H2,1-2H3,(H,17,21)(H,19,20). The predicted octanol–water partition coefficient (Wildman–Crippen LogP) is 1.18. The van der Waals surface area contributed by atoms with Crippen LogP contribution in [-0.2, 0) is 11.3 Å². The van der Waals surface area contributed by atoms with Crippen LogP contribution in [0.1, 0.15) is 31.2 Å². The van der Waals surface area contributed by atoms with E-state index in [2.05, 4.69) is 15.3 Å². The Morgan fingerprint density at radius 2 is 2.00 bits per heavy atom. The van der Waals surface area contributed by atoms with Crippen LogP contribution in [0.4, 0.5) is 4.79 Å². The van der Waals surface area contributed by atoms with Crippen LogP contribution >= 0.6 is 0 Å². The second-order valence-corrected chi connectivity index (χ2v) is 5.66. The van der Waals surface area contributed by atoms with Crippen molar-refractivity contribution < 1.29 is 14.7 Å². The maximum atomic E-state index is 12.0. The zero-order valence-corrected chi connectivity index (χ0v) is 12.3. The number of rotatable bonds is 3. The fraction of sp³-hybridized carbons (Fsp3) is 0.571. The molecule has 0 saturated carbocycles. The molecule has 2 N–H and O–H groups in total. The lowest BCUT2D eigenvalue weighted by molar-refractivity contribution is -0.150. The number of aryl methyl sites for hydroxylation is 1. The summed E-state index contributed by atoms with van der Waals surface area (Å²) in [5.41, 5.74) is 0.801. The first-order valence-electron chi connectivity index (χ1n) is 6.94. The van der Waals surface area contributed by atoms with E-state index in [0.29, 0.717) is 38.2 Å². The van der Waals surface area contributed by atoms with Crippen molar-refractivity contribution >= 4 is 12.0 Å². The summed E-state index contributed by atoms with van der Waals surface area (Å²) in [6.45, 7) is 4.80. The van der Waals surface area contributed by atoms with Gasteiger partial charge < -0.3 is 15.3 Å². The van der Waals surface area contributed by atoms with Gasteiger partial charge >= 0.3 is 12.0 Å². The number of hydrogen-bond donors (Lipinski definition) is 2. The van der Waals surface area contributed by atoms with E-state index in [1.807, 2.05) is 6.92 Å². The Hall–Kier alpha value is -2.18. The van der Waals surface area contributed by atoms with E-state index >= 15 is 0 Å². The minimum absolute atomic E-state index is 0.190. The monoisotopic (exact) mass is 292 g/mol. The summed E-state index contributed by atoms with van der Waals surface area (Å²) in [5, 5.41) is 11.9. The molecule has 0 radical (unpaired) electrons. The minimum atomic E-state index is -0.794. The summed E-state index contributed by atoms with van der Waals surface area (Å²) < 4.78 is 0. The molecule has 2 heterocycles. The average Bonchev–Trinajstić information content (AvgIpc) is 2.47. The van der Waals surface area contributed by atoms with E-state index in [9.17, 15) is 9.59 Å². The van der Waals surface area contributed by atoms with Gasteiger partial charge in [-0.05, 0) is 26.7 Å². The molecule has 2 rings (SSSR count). The van der Waals surface area contributed by atoms with E-state index in [1.54, 1.807) is 24.2 Å². The molecule has 1 aliphatic rings. The zero-order chi connectivity index (χ0) is 15.5. The maximum absolute atomic E-state index is 12.0. The van der Waals surface area contributed by atoms with Gasteiger partial charge in [-0.25, -0.2) is 4.79 Å². The third-order valence-corrected chi connectivity index (χ3v) is 3.93. The molecule has 0 aromatic carbocycles. The van der Waals surface area contributed by atoms with Gasteiger partial charge in [-0.15, -0.1) is 0 Å². The van der Waals surface area contributed by atoms with Crippen molar-refractivity contribution in [3.05, 3.63) is 23.8 Å². The first-order chi connectivity index (χ1) is 9.90. The summed E-state index contributed by atoms with van der Waals surface area (Å²) in [6, 6.07) is -0.190. The Morgan fingerprint density at radius 1 is 1.33 bits per heavy atom. The number of urea groups is 1. The number of nitrogens with one attached hydrogen (secondary N) is 1. The van der Waals surface area contributed by atoms with Crippen molar-refractivity contribution in [3.63, 3.8) is 0 Å². The second kappa shape index (κ2) is 6.07. The second-order valence-electron chi connectivity index (χ2n) is 5.66. The molecule has 2 amide bonds. The molecule has 21 heavy (non-hydrogen) atoms. The number of carboxylic acids is 1. The normalized spacial score (nSPS) is 17.3. The van der Waals surface area contributed by atoms with Crippen molar-refractivity contribution in [1.82, 2.24) is 20.2 Å². The third kappa shape index (κ3) is 3.68. The fourth-order valence-electron chi connectivity index (χ4n) is 2.21. The Bertz CT molecular complexity index is 522. The van der Waals surface area contributed by atoms with Crippen molar-refractivity contribution in [2.24, 2.45) is 5.41 Å². The van der Waals surface area contributed by atoms with Gasteiger partial charge in [0.15, 0.2) is 0 Å². The lowest BCUT2D eigenvalue weighted by atomic mass is 9.80. The molecular formula is C14H20N4O3. The van der Waals surface area contributed by atoms with Crippen LogP contribution in [0.3, 0.4) is 0 Å². The Morgan fingerprint density at radius 3 is 2.52 bits per heavy atom. The molecule has 7 heteroatoms. The summed E-state index contributed by atoms with van der Waals surface area (Å²) in [4.78, 5) is 33.1. The number of nitrogens with zero attached hydrogens (tertiary/aromatic N) is 3. The molecule has 0 unspecified atom stereocenters. The Balaban J connectivity index is 1.82. The number of carbonyl (C=O) groups is 2. The Kier molecular flexibility index (Phi) is 4.40. The van der Waals surface area contributed by atoms with E-state index < -0.39 is 11.4 Å². The lowest BCUT2D eigenvalue weighted by Crippen LogP contribution is -2.48. The molecule has 1 aromatic heterocycles. The highest BCUT2D eigenvalue weighted by Crippen LogP contribution is 2.30. The third-order valence-electron chi connectivity index (χ3n) is 3.93. The van der Waals surface area contributed by atoms with Crippen LogP contribution < -0.4 is 5.32 Å². The van der Waals surface area contributed by atoms with Crippen molar-refractivity contribution in [3.8, 4) is 0 Å². The van der Waals surface area contributed by atoms with Crippen LogP contribution in [0.25, 0.3) is 0 Å². The average molecular weight is 292 g/mol. The van der Waals surface area contributed by atoms with Gasteiger partial charge in [0.25, 0.3) is 0 Å². The van der Waals surface area contributed by atoms with Crippen LogP contribution in [0.2, 0.25) is 0 Å². The molecule has 1 aliphatic heterocycles. The summed E-state index contributed by atoms with van der Waals surface area (Å²) in [6.07, 6.45) is 4.23. The number of carboxylic acid groups (broad SMARTS) is 1. The van der Waals surface area contributed by atoms with E-state index in [4.69, 9.17) is 5.11 Å². The molecule has 0 bridgehead atoms. The quantitative estimate of drug-likeness (QED) is 0.872. The van der Waals surface area contributed by atoms with Crippen LogP contribution in [0, 0.1) is 12.3 Å². The van der Waals surface area contributed by atoms with Crippen molar-refractivity contribution in [1.29, 1.82) is 0 Å². The van der Waals surface area contributed by atoms with Gasteiger partial charge in [-0.1, -0.05) is 0 Å². The SMILES string of the molecule is Cc1cnc(CNC(=O)N2CCC(C)(C(=O)O)CC2)cn1. The van der Waals surface area contributed by atoms with Gasteiger partial charge in [0.2, 0.25) is 0 Å². The van der Waals surface area contributed by atoms with Gasteiger partial charge in [0, 0.05) is 19.3 Å². The number of likely N-dealkylation sites (tertiary alicyclic amines) is 1. The summed E-state index contributed by atoms with van der Waals surface area (Å²) in [7, 11) is 0. The number of hydrogen-bond acceptors (Lipinski definition) is 4. The topological polar surface area (TPSA) is 95.4 Å². The van der Waals surface area contributed by atoms with Crippen molar-refractivity contribution in [2.45, 2.75) is 33.2 Å². The number of carbonyl (C=O) groups excluding carboxylic acids is 1. The highest BCUT2D eigenvalue weighted by molar-refractivity contribution is 5.76. The number of amides is 2.